The number of halogens is 1. The van der Waals surface area contributed by atoms with E-state index in [1.54, 1.807) is 12.1 Å². The minimum Gasteiger partial charge on any atom is -0.508 e. The molecule has 5 heteroatoms. The quantitative estimate of drug-likeness (QED) is 0.671. The zero-order valence-electron chi connectivity index (χ0n) is 14.4. The summed E-state index contributed by atoms with van der Waals surface area (Å²) < 4.78 is 7.11. The fourth-order valence-electron chi connectivity index (χ4n) is 3.28. The van der Waals surface area contributed by atoms with Crippen LogP contribution in [0.5, 0.6) is 5.75 Å². The number of furan rings is 1. The summed E-state index contributed by atoms with van der Waals surface area (Å²) in [5, 5.41) is 9.42. The van der Waals surface area contributed by atoms with E-state index in [1.807, 2.05) is 30.3 Å². The summed E-state index contributed by atoms with van der Waals surface area (Å²) in [6.07, 6.45) is 0. The SMILES string of the molecule is Oc1ccc(N2CCN(Cc3ccc(-c4ccc(Br)cc4)o3)CC2)cc1. The fourth-order valence-corrected chi connectivity index (χ4v) is 3.54. The average molecular weight is 413 g/mol. The first-order valence-electron chi connectivity index (χ1n) is 8.78. The van der Waals surface area contributed by atoms with Crippen LogP contribution in [-0.4, -0.2) is 36.2 Å². The lowest BCUT2D eigenvalue weighted by atomic mass is 10.2. The molecule has 134 valence electrons. The van der Waals surface area contributed by atoms with Gasteiger partial charge in [-0.15, -0.1) is 0 Å². The number of rotatable bonds is 4. The molecule has 26 heavy (non-hydrogen) atoms. The molecule has 1 fully saturated rings. The van der Waals surface area contributed by atoms with Gasteiger partial charge in [0.2, 0.25) is 0 Å². The Labute approximate surface area is 161 Å². The molecule has 1 N–H and O–H groups in total. The first-order chi connectivity index (χ1) is 12.7. The van der Waals surface area contributed by atoms with Gasteiger partial charge >= 0.3 is 0 Å². The van der Waals surface area contributed by atoms with Crippen LogP contribution in [0.4, 0.5) is 5.69 Å². The second-order valence-corrected chi connectivity index (χ2v) is 7.47. The summed E-state index contributed by atoms with van der Waals surface area (Å²) in [4.78, 5) is 4.77. The van der Waals surface area contributed by atoms with E-state index in [-0.39, 0.29) is 0 Å². The van der Waals surface area contributed by atoms with E-state index >= 15 is 0 Å². The van der Waals surface area contributed by atoms with Gasteiger partial charge in [0.15, 0.2) is 0 Å². The summed E-state index contributed by atoms with van der Waals surface area (Å²) in [5.41, 5.74) is 2.26. The molecule has 1 saturated heterocycles. The Balaban J connectivity index is 1.34. The van der Waals surface area contributed by atoms with Crippen molar-refractivity contribution in [2.45, 2.75) is 6.54 Å². The lowest BCUT2D eigenvalue weighted by molar-refractivity contribution is 0.231. The monoisotopic (exact) mass is 412 g/mol. The van der Waals surface area contributed by atoms with Gasteiger partial charge in [-0.2, -0.15) is 0 Å². The van der Waals surface area contributed by atoms with Crippen molar-refractivity contribution in [2.75, 3.05) is 31.1 Å². The fraction of sp³-hybridized carbons (Fsp3) is 0.238. The second kappa shape index (κ2) is 7.56. The molecule has 0 saturated carbocycles. The molecule has 4 nitrogen and oxygen atoms in total. The number of anilines is 1. The van der Waals surface area contributed by atoms with Crippen LogP contribution in [0.1, 0.15) is 5.76 Å². The summed E-state index contributed by atoms with van der Waals surface area (Å²) in [6, 6.07) is 19.7. The van der Waals surface area contributed by atoms with E-state index in [0.29, 0.717) is 5.75 Å². The lowest BCUT2D eigenvalue weighted by Crippen LogP contribution is -2.45. The van der Waals surface area contributed by atoms with E-state index in [4.69, 9.17) is 4.42 Å². The predicted molar refractivity (Wildman–Crippen MR) is 107 cm³/mol. The van der Waals surface area contributed by atoms with E-state index in [0.717, 1.165) is 60.0 Å². The molecule has 0 unspecified atom stereocenters. The molecule has 0 amide bonds. The van der Waals surface area contributed by atoms with Crippen molar-refractivity contribution in [3.05, 3.63) is 70.9 Å². The Hall–Kier alpha value is -2.24. The second-order valence-electron chi connectivity index (χ2n) is 6.55. The van der Waals surface area contributed by atoms with Gasteiger partial charge in [-0.3, -0.25) is 4.90 Å². The van der Waals surface area contributed by atoms with Crippen molar-refractivity contribution in [1.29, 1.82) is 0 Å². The lowest BCUT2D eigenvalue weighted by Gasteiger charge is -2.35. The molecule has 1 aliphatic rings. The number of phenolic OH excluding ortho intramolecular Hbond substituents is 1. The maximum atomic E-state index is 9.42. The molecule has 0 aliphatic carbocycles. The van der Waals surface area contributed by atoms with Crippen LogP contribution in [-0.2, 0) is 6.54 Å². The zero-order chi connectivity index (χ0) is 17.9. The maximum absolute atomic E-state index is 9.42. The van der Waals surface area contributed by atoms with Crippen molar-refractivity contribution in [3.8, 4) is 17.1 Å². The number of piperazine rings is 1. The van der Waals surface area contributed by atoms with Crippen molar-refractivity contribution in [2.24, 2.45) is 0 Å². The summed E-state index contributed by atoms with van der Waals surface area (Å²) in [6.45, 7) is 4.78. The van der Waals surface area contributed by atoms with Crippen molar-refractivity contribution in [3.63, 3.8) is 0 Å². The highest BCUT2D eigenvalue weighted by Crippen LogP contribution is 2.25. The van der Waals surface area contributed by atoms with Crippen molar-refractivity contribution >= 4 is 21.6 Å². The van der Waals surface area contributed by atoms with Crippen molar-refractivity contribution < 1.29 is 9.52 Å². The van der Waals surface area contributed by atoms with Crippen molar-refractivity contribution in [1.82, 2.24) is 4.90 Å². The third-order valence-electron chi connectivity index (χ3n) is 4.76. The summed E-state index contributed by atoms with van der Waals surface area (Å²) in [5.74, 6) is 2.23. The molecule has 3 aromatic rings. The van der Waals surface area contributed by atoms with Gasteiger partial charge in [-0.25, -0.2) is 0 Å². The third kappa shape index (κ3) is 3.94. The molecule has 1 aliphatic heterocycles. The van der Waals surface area contributed by atoms with Crippen LogP contribution >= 0.6 is 15.9 Å². The van der Waals surface area contributed by atoms with Gasteiger partial charge in [0.05, 0.1) is 6.54 Å². The molecular weight excluding hydrogens is 392 g/mol. The van der Waals surface area contributed by atoms with Crippen LogP contribution < -0.4 is 4.90 Å². The molecule has 0 spiro atoms. The number of benzene rings is 2. The number of hydrogen-bond acceptors (Lipinski definition) is 4. The highest BCUT2D eigenvalue weighted by atomic mass is 79.9. The average Bonchev–Trinajstić information content (AvgIpc) is 3.12. The molecule has 0 radical (unpaired) electrons. The predicted octanol–water partition coefficient (Wildman–Crippen LogP) is 4.74. The minimum atomic E-state index is 0.312. The Bertz CT molecular complexity index is 850. The number of aromatic hydroxyl groups is 1. The highest BCUT2D eigenvalue weighted by Gasteiger charge is 2.18. The Morgan fingerprint density at radius 2 is 1.54 bits per heavy atom. The standard InChI is InChI=1S/C21H21BrN2O2/c22-17-3-1-16(2-4-17)21-10-9-20(26-21)15-23-11-13-24(14-12-23)18-5-7-19(25)8-6-18/h1-10,25H,11-15H2. The summed E-state index contributed by atoms with van der Waals surface area (Å²) >= 11 is 3.46. The third-order valence-corrected chi connectivity index (χ3v) is 5.29. The normalized spacial score (nSPS) is 15.3. The maximum Gasteiger partial charge on any atom is 0.134 e. The van der Waals surface area contributed by atoms with Gasteiger partial charge in [0, 0.05) is 41.9 Å². The number of nitrogens with zero attached hydrogens (tertiary/aromatic N) is 2. The van der Waals surface area contributed by atoms with Crippen LogP contribution in [0.3, 0.4) is 0 Å². The molecule has 0 atom stereocenters. The van der Waals surface area contributed by atoms with Crippen LogP contribution in [0.25, 0.3) is 11.3 Å². The molecule has 1 aromatic heterocycles. The Kier molecular flexibility index (Phi) is 5.00. The largest absolute Gasteiger partial charge is 0.508 e. The van der Waals surface area contributed by atoms with Gasteiger partial charge in [-0.05, 0) is 48.5 Å². The smallest absolute Gasteiger partial charge is 0.134 e. The Morgan fingerprint density at radius 1 is 0.846 bits per heavy atom. The topological polar surface area (TPSA) is 39.9 Å². The van der Waals surface area contributed by atoms with Crippen LogP contribution in [0.15, 0.2) is 69.6 Å². The number of phenols is 1. The molecular formula is C21H21BrN2O2. The Morgan fingerprint density at radius 3 is 2.23 bits per heavy atom. The van der Waals surface area contributed by atoms with E-state index in [9.17, 15) is 5.11 Å². The van der Waals surface area contributed by atoms with E-state index < -0.39 is 0 Å². The first-order valence-corrected chi connectivity index (χ1v) is 9.58. The van der Waals surface area contributed by atoms with Gasteiger partial charge in [-0.1, -0.05) is 28.1 Å². The van der Waals surface area contributed by atoms with E-state index in [2.05, 4.69) is 43.9 Å². The number of hydrogen-bond donors (Lipinski definition) is 1. The van der Waals surface area contributed by atoms with Crippen LogP contribution in [0, 0.1) is 0 Å². The highest BCUT2D eigenvalue weighted by molar-refractivity contribution is 9.10. The molecule has 4 rings (SSSR count). The van der Waals surface area contributed by atoms with Gasteiger partial charge in [0.1, 0.15) is 17.3 Å². The summed E-state index contributed by atoms with van der Waals surface area (Å²) in [7, 11) is 0. The minimum absolute atomic E-state index is 0.312. The molecule has 2 aromatic carbocycles. The van der Waals surface area contributed by atoms with Gasteiger partial charge in [0.25, 0.3) is 0 Å². The van der Waals surface area contributed by atoms with E-state index in [1.165, 1.54) is 0 Å². The molecule has 2 heterocycles. The first kappa shape index (κ1) is 17.2. The zero-order valence-corrected chi connectivity index (χ0v) is 16.0. The van der Waals surface area contributed by atoms with Gasteiger partial charge < -0.3 is 14.4 Å². The van der Waals surface area contributed by atoms with Crippen LogP contribution in [0.2, 0.25) is 0 Å². The molecule has 0 bridgehead atoms.